The maximum Gasteiger partial charge on any atom is 0.407 e. The van der Waals surface area contributed by atoms with Gasteiger partial charge >= 0.3 is 6.09 Å². The van der Waals surface area contributed by atoms with Crippen molar-refractivity contribution in [2.24, 2.45) is 0 Å². The lowest BCUT2D eigenvalue weighted by Gasteiger charge is -2.19. The second kappa shape index (κ2) is 12.8. The van der Waals surface area contributed by atoms with Crippen LogP contribution in [0.15, 0.2) is 48.5 Å². The number of anilines is 1. The van der Waals surface area contributed by atoms with Gasteiger partial charge in [-0.25, -0.2) is 4.79 Å². The predicted molar refractivity (Wildman–Crippen MR) is 136 cm³/mol. The average molecular weight is 484 g/mol. The van der Waals surface area contributed by atoms with E-state index in [0.29, 0.717) is 18.0 Å². The zero-order valence-electron chi connectivity index (χ0n) is 21.4. The van der Waals surface area contributed by atoms with Crippen molar-refractivity contribution < 1.29 is 23.9 Å². The quantitative estimate of drug-likeness (QED) is 0.452. The molecular formula is C27H37N3O5. The van der Waals surface area contributed by atoms with E-state index in [1.807, 2.05) is 30.3 Å². The number of alkyl carbamates (subject to hydrolysis) is 1. The number of rotatable bonds is 10. The van der Waals surface area contributed by atoms with Gasteiger partial charge in [0, 0.05) is 25.2 Å². The Labute approximate surface area is 207 Å². The summed E-state index contributed by atoms with van der Waals surface area (Å²) in [6.45, 7) is 11.6. The van der Waals surface area contributed by atoms with E-state index in [4.69, 9.17) is 9.47 Å². The SMILES string of the molecule is CC(Oc1ccccc1C(C)C)C(=O)NCc1cccc(NC(=O)CCNC(=O)OC(C)(C)C)c1. The third-order valence-electron chi connectivity index (χ3n) is 4.91. The average Bonchev–Trinajstić information content (AvgIpc) is 2.76. The first-order valence-electron chi connectivity index (χ1n) is 11.8. The van der Waals surface area contributed by atoms with Gasteiger partial charge in [-0.3, -0.25) is 9.59 Å². The van der Waals surface area contributed by atoms with Crippen molar-refractivity contribution in [3.63, 3.8) is 0 Å². The summed E-state index contributed by atoms with van der Waals surface area (Å²) in [4.78, 5) is 36.4. The monoisotopic (exact) mass is 483 g/mol. The maximum atomic E-state index is 12.6. The van der Waals surface area contributed by atoms with Crippen LogP contribution in [0.4, 0.5) is 10.5 Å². The lowest BCUT2D eigenvalue weighted by Crippen LogP contribution is -2.36. The minimum absolute atomic E-state index is 0.104. The number of para-hydroxylation sites is 1. The largest absolute Gasteiger partial charge is 0.481 e. The van der Waals surface area contributed by atoms with Crippen LogP contribution in [0, 0.1) is 0 Å². The van der Waals surface area contributed by atoms with Crippen LogP contribution in [0.25, 0.3) is 0 Å². The molecule has 0 aromatic heterocycles. The second-order valence-electron chi connectivity index (χ2n) is 9.60. The number of nitrogens with one attached hydrogen (secondary N) is 3. The molecule has 0 saturated carbocycles. The van der Waals surface area contributed by atoms with E-state index in [1.54, 1.807) is 45.9 Å². The highest BCUT2D eigenvalue weighted by Crippen LogP contribution is 2.26. The Morgan fingerprint density at radius 2 is 1.66 bits per heavy atom. The Morgan fingerprint density at radius 3 is 2.34 bits per heavy atom. The molecule has 0 aliphatic heterocycles. The number of benzene rings is 2. The first-order chi connectivity index (χ1) is 16.4. The summed E-state index contributed by atoms with van der Waals surface area (Å²) in [5.74, 6) is 0.517. The molecule has 1 unspecified atom stereocenters. The van der Waals surface area contributed by atoms with Crippen molar-refractivity contribution in [2.75, 3.05) is 11.9 Å². The summed E-state index contributed by atoms with van der Waals surface area (Å²) < 4.78 is 11.0. The van der Waals surface area contributed by atoms with Gasteiger partial charge in [0.15, 0.2) is 6.10 Å². The standard InChI is InChI=1S/C27H37N3O5/c1-18(2)22-12-7-8-13-23(22)34-19(3)25(32)29-17-20-10-9-11-21(16-20)30-24(31)14-15-28-26(33)35-27(4,5)6/h7-13,16,18-19H,14-15,17H2,1-6H3,(H,28,33)(H,29,32)(H,30,31). The number of hydrogen-bond acceptors (Lipinski definition) is 5. The van der Waals surface area contributed by atoms with Crippen molar-refractivity contribution >= 4 is 23.6 Å². The molecule has 2 aromatic rings. The van der Waals surface area contributed by atoms with Gasteiger partial charge in [-0.1, -0.05) is 44.2 Å². The number of carbonyl (C=O) groups is 3. The highest BCUT2D eigenvalue weighted by Gasteiger charge is 2.18. The molecule has 0 fully saturated rings. The number of amides is 3. The van der Waals surface area contributed by atoms with Crippen molar-refractivity contribution in [3.8, 4) is 5.75 Å². The maximum absolute atomic E-state index is 12.6. The van der Waals surface area contributed by atoms with Crippen molar-refractivity contribution in [1.82, 2.24) is 10.6 Å². The summed E-state index contributed by atoms with van der Waals surface area (Å²) >= 11 is 0. The molecule has 0 spiro atoms. The summed E-state index contributed by atoms with van der Waals surface area (Å²) in [7, 11) is 0. The Bertz CT molecular complexity index is 1010. The van der Waals surface area contributed by atoms with Crippen molar-refractivity contribution in [2.45, 2.75) is 72.1 Å². The number of ether oxygens (including phenoxy) is 2. The van der Waals surface area contributed by atoms with Gasteiger partial charge in [0.2, 0.25) is 5.91 Å². The highest BCUT2D eigenvalue weighted by molar-refractivity contribution is 5.91. The predicted octanol–water partition coefficient (Wildman–Crippen LogP) is 4.75. The minimum atomic E-state index is -0.657. The van der Waals surface area contributed by atoms with Crippen LogP contribution in [0.3, 0.4) is 0 Å². The summed E-state index contributed by atoms with van der Waals surface area (Å²) in [6.07, 6.45) is -1.11. The Hall–Kier alpha value is -3.55. The molecule has 0 aliphatic rings. The van der Waals surface area contributed by atoms with Gasteiger partial charge < -0.3 is 25.4 Å². The van der Waals surface area contributed by atoms with E-state index >= 15 is 0 Å². The first kappa shape index (κ1) is 27.7. The van der Waals surface area contributed by atoms with Crippen LogP contribution >= 0.6 is 0 Å². The van der Waals surface area contributed by atoms with Gasteiger partial charge in [0.25, 0.3) is 5.91 Å². The molecule has 0 heterocycles. The summed E-state index contributed by atoms with van der Waals surface area (Å²) in [5.41, 5.74) is 1.90. The topological polar surface area (TPSA) is 106 Å². The van der Waals surface area contributed by atoms with Gasteiger partial charge in [-0.05, 0) is 62.9 Å². The number of hydrogen-bond donors (Lipinski definition) is 3. The molecule has 8 nitrogen and oxygen atoms in total. The molecule has 0 aliphatic carbocycles. The van der Waals surface area contributed by atoms with Gasteiger partial charge in [0.05, 0.1) is 0 Å². The van der Waals surface area contributed by atoms with E-state index in [-0.39, 0.29) is 30.7 Å². The van der Waals surface area contributed by atoms with Gasteiger partial charge in [0.1, 0.15) is 11.4 Å². The van der Waals surface area contributed by atoms with Crippen LogP contribution in [-0.4, -0.2) is 36.2 Å². The van der Waals surface area contributed by atoms with Gasteiger partial charge in [-0.2, -0.15) is 0 Å². The summed E-state index contributed by atoms with van der Waals surface area (Å²) in [5, 5.41) is 8.23. The molecule has 0 radical (unpaired) electrons. The number of carbonyl (C=O) groups excluding carboxylic acids is 3. The van der Waals surface area contributed by atoms with E-state index in [2.05, 4.69) is 29.8 Å². The van der Waals surface area contributed by atoms with E-state index in [9.17, 15) is 14.4 Å². The van der Waals surface area contributed by atoms with Crippen LogP contribution in [0.5, 0.6) is 5.75 Å². The third-order valence-corrected chi connectivity index (χ3v) is 4.91. The van der Waals surface area contributed by atoms with Crippen LogP contribution < -0.4 is 20.7 Å². The van der Waals surface area contributed by atoms with E-state index in [0.717, 1.165) is 11.1 Å². The molecule has 0 bridgehead atoms. The zero-order valence-corrected chi connectivity index (χ0v) is 21.4. The van der Waals surface area contributed by atoms with Crippen LogP contribution in [-0.2, 0) is 20.9 Å². The molecule has 35 heavy (non-hydrogen) atoms. The molecule has 2 aromatic carbocycles. The Kier molecular flexibility index (Phi) is 10.1. The fraction of sp³-hybridized carbons (Fsp3) is 0.444. The van der Waals surface area contributed by atoms with Crippen LogP contribution in [0.2, 0.25) is 0 Å². The zero-order chi connectivity index (χ0) is 26.0. The fourth-order valence-corrected chi connectivity index (χ4v) is 3.22. The molecule has 1 atom stereocenters. The summed E-state index contributed by atoms with van der Waals surface area (Å²) in [6, 6.07) is 14.9. The van der Waals surface area contributed by atoms with Crippen molar-refractivity contribution in [1.29, 1.82) is 0 Å². The molecule has 2 rings (SSSR count). The highest BCUT2D eigenvalue weighted by atomic mass is 16.6. The van der Waals surface area contributed by atoms with E-state index in [1.165, 1.54) is 0 Å². The third kappa shape index (κ3) is 10.1. The van der Waals surface area contributed by atoms with Crippen LogP contribution in [0.1, 0.15) is 65.0 Å². The normalized spacial score (nSPS) is 12.0. The fourth-order valence-electron chi connectivity index (χ4n) is 3.22. The molecule has 0 saturated heterocycles. The molecular weight excluding hydrogens is 446 g/mol. The lowest BCUT2D eigenvalue weighted by atomic mass is 10.0. The lowest BCUT2D eigenvalue weighted by molar-refractivity contribution is -0.127. The second-order valence-corrected chi connectivity index (χ2v) is 9.60. The van der Waals surface area contributed by atoms with Crippen molar-refractivity contribution in [3.05, 3.63) is 59.7 Å². The minimum Gasteiger partial charge on any atom is -0.481 e. The Balaban J connectivity index is 1.81. The molecule has 8 heteroatoms. The smallest absolute Gasteiger partial charge is 0.407 e. The molecule has 190 valence electrons. The Morgan fingerprint density at radius 1 is 0.943 bits per heavy atom. The molecule has 3 amide bonds. The van der Waals surface area contributed by atoms with Gasteiger partial charge in [-0.15, -0.1) is 0 Å². The van der Waals surface area contributed by atoms with E-state index < -0.39 is 17.8 Å². The first-order valence-corrected chi connectivity index (χ1v) is 11.8. The molecule has 3 N–H and O–H groups in total.